The van der Waals surface area contributed by atoms with Gasteiger partial charge in [0.25, 0.3) is 0 Å². The SMILES string of the molecule is COCCCN1CCOc2ccc(CO[C@H]3CNCC[C@@H]3c3ccc(O[C@H]4CCN(c5nccs5)C4)cc3)cc21. The number of nitrogens with one attached hydrogen (secondary N) is 1. The average molecular weight is 565 g/mol. The fraction of sp³-hybridized carbons (Fsp3) is 0.516. The molecule has 3 aliphatic heterocycles. The van der Waals surface area contributed by atoms with Crippen molar-refractivity contribution in [2.45, 2.75) is 44.0 Å². The first-order valence-electron chi connectivity index (χ1n) is 14.5. The first kappa shape index (κ1) is 27.3. The van der Waals surface area contributed by atoms with E-state index in [9.17, 15) is 0 Å². The van der Waals surface area contributed by atoms with Gasteiger partial charge in [0.05, 0.1) is 31.5 Å². The summed E-state index contributed by atoms with van der Waals surface area (Å²) in [4.78, 5) is 9.16. The van der Waals surface area contributed by atoms with Gasteiger partial charge in [-0.1, -0.05) is 18.2 Å². The van der Waals surface area contributed by atoms with Crippen LogP contribution in [-0.4, -0.2) is 76.8 Å². The highest BCUT2D eigenvalue weighted by molar-refractivity contribution is 7.13. The molecule has 1 aromatic heterocycles. The molecule has 0 spiro atoms. The van der Waals surface area contributed by atoms with Crippen molar-refractivity contribution in [1.29, 1.82) is 0 Å². The first-order valence-corrected chi connectivity index (χ1v) is 15.4. The van der Waals surface area contributed by atoms with Crippen molar-refractivity contribution in [3.63, 3.8) is 0 Å². The Labute approximate surface area is 241 Å². The third-order valence-electron chi connectivity index (χ3n) is 8.10. The number of rotatable bonds is 11. The van der Waals surface area contributed by atoms with E-state index in [0.717, 1.165) is 94.1 Å². The zero-order valence-corrected chi connectivity index (χ0v) is 24.1. The Hall–Kier alpha value is -2.85. The third-order valence-corrected chi connectivity index (χ3v) is 8.93. The normalized spacial score (nSPS) is 22.7. The number of hydrogen-bond donors (Lipinski definition) is 1. The second-order valence-electron chi connectivity index (χ2n) is 10.8. The molecule has 0 aliphatic carbocycles. The summed E-state index contributed by atoms with van der Waals surface area (Å²) >= 11 is 1.69. The number of nitrogens with zero attached hydrogens (tertiary/aromatic N) is 3. The van der Waals surface area contributed by atoms with E-state index in [-0.39, 0.29) is 12.2 Å². The molecule has 0 amide bonds. The number of ether oxygens (including phenoxy) is 4. The van der Waals surface area contributed by atoms with Crippen molar-refractivity contribution in [3.05, 3.63) is 65.2 Å². The molecule has 0 radical (unpaired) electrons. The minimum absolute atomic E-state index is 0.118. The summed E-state index contributed by atoms with van der Waals surface area (Å²) in [5.74, 6) is 2.25. The second kappa shape index (κ2) is 13.2. The Kier molecular flexibility index (Phi) is 9.02. The highest BCUT2D eigenvalue weighted by Crippen LogP contribution is 2.34. The van der Waals surface area contributed by atoms with E-state index < -0.39 is 0 Å². The maximum atomic E-state index is 6.56. The third kappa shape index (κ3) is 6.54. The van der Waals surface area contributed by atoms with Crippen LogP contribution >= 0.6 is 11.3 Å². The molecule has 4 heterocycles. The van der Waals surface area contributed by atoms with Gasteiger partial charge in [-0.3, -0.25) is 0 Å². The lowest BCUT2D eigenvalue weighted by molar-refractivity contribution is 0.0106. The van der Waals surface area contributed by atoms with E-state index >= 15 is 0 Å². The standard InChI is InChI=1S/C31H40N4O4S/c1-36-16-2-13-34-15-17-37-29-8-3-23(19-28(29)34)22-38-30-20-32-11-9-27(30)24-4-6-25(7-5-24)39-26-10-14-35(21-26)31-33-12-18-40-31/h3-8,12,18-19,26-27,30,32H,2,9-11,13-17,20-22H2,1H3/t26-,27+,30-/m0/s1. The predicted molar refractivity (Wildman–Crippen MR) is 159 cm³/mol. The topological polar surface area (TPSA) is 68.3 Å². The van der Waals surface area contributed by atoms with Crippen molar-refractivity contribution < 1.29 is 18.9 Å². The molecule has 0 bridgehead atoms. The van der Waals surface area contributed by atoms with Crippen molar-refractivity contribution in [2.24, 2.45) is 0 Å². The van der Waals surface area contributed by atoms with Gasteiger partial charge in [0.15, 0.2) is 5.13 Å². The van der Waals surface area contributed by atoms with Crippen LogP contribution in [-0.2, 0) is 16.1 Å². The summed E-state index contributed by atoms with van der Waals surface area (Å²) in [6.07, 6.45) is 5.26. The van der Waals surface area contributed by atoms with Crippen LogP contribution in [0.2, 0.25) is 0 Å². The Bertz CT molecular complexity index is 1210. The smallest absolute Gasteiger partial charge is 0.185 e. The van der Waals surface area contributed by atoms with Gasteiger partial charge in [-0.2, -0.15) is 0 Å². The molecule has 0 saturated carbocycles. The number of hydrogen-bond acceptors (Lipinski definition) is 9. The first-order chi connectivity index (χ1) is 19.8. The van der Waals surface area contributed by atoms with Crippen LogP contribution in [0.1, 0.15) is 36.3 Å². The van der Waals surface area contributed by atoms with Crippen molar-refractivity contribution in [3.8, 4) is 11.5 Å². The van der Waals surface area contributed by atoms with Crippen LogP contribution in [0.4, 0.5) is 10.8 Å². The number of anilines is 2. The molecule has 0 unspecified atom stereocenters. The molecule has 9 heteroatoms. The number of benzene rings is 2. The maximum absolute atomic E-state index is 6.56. The fourth-order valence-electron chi connectivity index (χ4n) is 5.99. The monoisotopic (exact) mass is 564 g/mol. The summed E-state index contributed by atoms with van der Waals surface area (Å²) in [6, 6.07) is 15.2. The van der Waals surface area contributed by atoms with E-state index in [1.807, 2.05) is 11.6 Å². The van der Waals surface area contributed by atoms with Gasteiger partial charge in [-0.05, 0) is 54.8 Å². The maximum Gasteiger partial charge on any atom is 0.185 e. The number of thiazole rings is 1. The molecule has 3 aromatic rings. The van der Waals surface area contributed by atoms with Gasteiger partial charge in [-0.25, -0.2) is 4.98 Å². The van der Waals surface area contributed by atoms with Crippen molar-refractivity contribution >= 4 is 22.2 Å². The molecule has 3 aliphatic rings. The highest BCUT2D eigenvalue weighted by Gasteiger charge is 2.29. The van der Waals surface area contributed by atoms with Gasteiger partial charge in [0.1, 0.15) is 24.2 Å². The predicted octanol–water partition coefficient (Wildman–Crippen LogP) is 4.70. The Balaban J connectivity index is 1.05. The minimum Gasteiger partial charge on any atom is -0.490 e. The van der Waals surface area contributed by atoms with Crippen LogP contribution in [0, 0.1) is 0 Å². The second-order valence-corrected chi connectivity index (χ2v) is 11.7. The molecule has 2 saturated heterocycles. The van der Waals surface area contributed by atoms with Crippen LogP contribution < -0.4 is 24.6 Å². The van der Waals surface area contributed by atoms with Gasteiger partial charge in [0.2, 0.25) is 0 Å². The van der Waals surface area contributed by atoms with Crippen molar-refractivity contribution in [2.75, 3.05) is 69.4 Å². The summed E-state index contributed by atoms with van der Waals surface area (Å²) in [6.45, 7) is 7.69. The Morgan fingerprint density at radius 2 is 2.05 bits per heavy atom. The van der Waals surface area contributed by atoms with Gasteiger partial charge in [0, 0.05) is 57.3 Å². The van der Waals surface area contributed by atoms with Crippen LogP contribution in [0.15, 0.2) is 54.0 Å². The van der Waals surface area contributed by atoms with Crippen LogP contribution in [0.3, 0.4) is 0 Å². The lowest BCUT2D eigenvalue weighted by Crippen LogP contribution is -2.41. The Morgan fingerprint density at radius 3 is 2.90 bits per heavy atom. The lowest BCUT2D eigenvalue weighted by Gasteiger charge is -2.33. The van der Waals surface area contributed by atoms with Crippen molar-refractivity contribution in [1.82, 2.24) is 10.3 Å². The van der Waals surface area contributed by atoms with Gasteiger partial charge < -0.3 is 34.1 Å². The average Bonchev–Trinajstić information content (AvgIpc) is 3.70. The lowest BCUT2D eigenvalue weighted by atomic mass is 9.87. The largest absolute Gasteiger partial charge is 0.490 e. The molecule has 214 valence electrons. The van der Waals surface area contributed by atoms with E-state index in [1.165, 1.54) is 11.1 Å². The fourth-order valence-corrected chi connectivity index (χ4v) is 6.67. The molecule has 2 fully saturated rings. The number of fused-ring (bicyclic) bond motifs is 1. The highest BCUT2D eigenvalue weighted by atomic mass is 32.1. The summed E-state index contributed by atoms with van der Waals surface area (Å²) in [5, 5.41) is 6.65. The Morgan fingerprint density at radius 1 is 1.12 bits per heavy atom. The number of aromatic nitrogens is 1. The number of piperidine rings is 1. The molecule has 3 atom stereocenters. The molecular formula is C31H40N4O4S. The van der Waals surface area contributed by atoms with E-state index in [1.54, 1.807) is 18.4 Å². The zero-order chi connectivity index (χ0) is 27.1. The minimum atomic E-state index is 0.118. The van der Waals surface area contributed by atoms with Crippen LogP contribution in [0.25, 0.3) is 0 Å². The quantitative estimate of drug-likeness (QED) is 0.336. The van der Waals surface area contributed by atoms with E-state index in [4.69, 9.17) is 18.9 Å². The zero-order valence-electron chi connectivity index (χ0n) is 23.3. The summed E-state index contributed by atoms with van der Waals surface area (Å²) in [7, 11) is 1.76. The molecule has 1 N–H and O–H groups in total. The molecule has 40 heavy (non-hydrogen) atoms. The molecule has 2 aromatic carbocycles. The molecule has 6 rings (SSSR count). The van der Waals surface area contributed by atoms with Crippen LogP contribution in [0.5, 0.6) is 11.5 Å². The number of methoxy groups -OCH3 is 1. The summed E-state index contributed by atoms with van der Waals surface area (Å²) < 4.78 is 24.1. The van der Waals surface area contributed by atoms with E-state index in [2.05, 4.69) is 62.6 Å². The van der Waals surface area contributed by atoms with Gasteiger partial charge >= 0.3 is 0 Å². The molecular weight excluding hydrogens is 524 g/mol. The summed E-state index contributed by atoms with van der Waals surface area (Å²) in [5.41, 5.74) is 3.66. The molecule has 8 nitrogen and oxygen atoms in total. The van der Waals surface area contributed by atoms with Gasteiger partial charge in [-0.15, -0.1) is 11.3 Å². The van der Waals surface area contributed by atoms with E-state index in [0.29, 0.717) is 12.5 Å².